The van der Waals surface area contributed by atoms with Crippen LogP contribution in [0, 0.1) is 10.8 Å². The minimum atomic E-state index is -4.80. The molecule has 1 aliphatic carbocycles. The van der Waals surface area contributed by atoms with Gasteiger partial charge < -0.3 is 19.4 Å². The van der Waals surface area contributed by atoms with Gasteiger partial charge in [-0.15, -0.1) is 13.2 Å². The summed E-state index contributed by atoms with van der Waals surface area (Å²) in [6.45, 7) is 7.33. The highest BCUT2D eigenvalue weighted by Gasteiger charge is 2.40. The van der Waals surface area contributed by atoms with Gasteiger partial charge in [0.15, 0.2) is 6.61 Å². The predicted octanol–water partition coefficient (Wildman–Crippen LogP) is 8.40. The van der Waals surface area contributed by atoms with Crippen LogP contribution in [0.15, 0.2) is 42.5 Å². The van der Waals surface area contributed by atoms with Gasteiger partial charge in [0.05, 0.1) is 11.0 Å². The number of nitrogens with zero attached hydrogens (tertiary/aromatic N) is 2. The van der Waals surface area contributed by atoms with Crippen LogP contribution in [-0.4, -0.2) is 28.7 Å². The Hall–Kier alpha value is -3.11. The molecule has 0 spiro atoms. The van der Waals surface area contributed by atoms with Crippen molar-refractivity contribution >= 4 is 22.7 Å². The number of ether oxygens (including phenoxy) is 2. The number of imidazole rings is 1. The van der Waals surface area contributed by atoms with Gasteiger partial charge in [-0.2, -0.15) is 13.2 Å². The molecule has 1 heterocycles. The maximum absolute atomic E-state index is 12.7. The molecule has 0 amide bonds. The number of hydrogen-bond acceptors (Lipinski definition) is 4. The standard InChI is InChI=1S/C26H29F6N3O2/c1-23(2)12-17(13-24(3,4)14-23)35-21-11-19(36-15-25(27,28)29)9-10-20(21)34-22(35)33-16-5-7-18(8-6-16)37-26(30,31)32/h5-11,17H,12-15H2,1-4H3,(H,33,34). The number of nitrogens with one attached hydrogen (secondary N) is 1. The van der Waals surface area contributed by atoms with E-state index >= 15 is 0 Å². The highest BCUT2D eigenvalue weighted by Crippen LogP contribution is 2.51. The number of benzene rings is 2. The lowest BCUT2D eigenvalue weighted by Gasteiger charge is -2.45. The van der Waals surface area contributed by atoms with Crippen molar-refractivity contribution in [2.24, 2.45) is 10.8 Å². The highest BCUT2D eigenvalue weighted by atomic mass is 19.4. The maximum Gasteiger partial charge on any atom is 0.573 e. The topological polar surface area (TPSA) is 48.3 Å². The first-order valence-corrected chi connectivity index (χ1v) is 11.8. The Kier molecular flexibility index (Phi) is 6.79. The molecule has 0 atom stereocenters. The third-order valence-corrected chi connectivity index (χ3v) is 6.31. The summed E-state index contributed by atoms with van der Waals surface area (Å²) in [6.07, 6.45) is -6.64. The van der Waals surface area contributed by atoms with Crippen LogP contribution in [0.25, 0.3) is 11.0 Å². The summed E-state index contributed by atoms with van der Waals surface area (Å²) in [4.78, 5) is 4.67. The fraction of sp³-hybridized carbons (Fsp3) is 0.500. The van der Waals surface area contributed by atoms with E-state index < -0.39 is 19.1 Å². The van der Waals surface area contributed by atoms with Crippen molar-refractivity contribution in [3.8, 4) is 11.5 Å². The molecule has 0 bridgehead atoms. The van der Waals surface area contributed by atoms with Gasteiger partial charge in [-0.25, -0.2) is 4.98 Å². The molecule has 37 heavy (non-hydrogen) atoms. The van der Waals surface area contributed by atoms with Crippen molar-refractivity contribution in [3.63, 3.8) is 0 Å². The lowest BCUT2D eigenvalue weighted by molar-refractivity contribution is -0.274. The van der Waals surface area contributed by atoms with Crippen LogP contribution in [0.1, 0.15) is 53.0 Å². The molecule has 3 aromatic rings. The van der Waals surface area contributed by atoms with Crippen LogP contribution in [0.4, 0.5) is 38.0 Å². The molecule has 0 radical (unpaired) electrons. The summed E-state index contributed by atoms with van der Waals surface area (Å²) in [5.74, 6) is 0.153. The zero-order valence-corrected chi connectivity index (χ0v) is 20.9. The van der Waals surface area contributed by atoms with E-state index in [9.17, 15) is 26.3 Å². The van der Waals surface area contributed by atoms with E-state index in [4.69, 9.17) is 4.74 Å². The summed E-state index contributed by atoms with van der Waals surface area (Å²) in [5.41, 5.74) is 1.65. The minimum Gasteiger partial charge on any atom is -0.484 e. The van der Waals surface area contributed by atoms with Gasteiger partial charge in [-0.05, 0) is 66.5 Å². The van der Waals surface area contributed by atoms with Gasteiger partial charge in [-0.1, -0.05) is 27.7 Å². The van der Waals surface area contributed by atoms with Crippen molar-refractivity contribution in [2.75, 3.05) is 11.9 Å². The van der Waals surface area contributed by atoms with Gasteiger partial charge in [0.2, 0.25) is 5.95 Å². The third kappa shape index (κ3) is 7.01. The number of aromatic nitrogens is 2. The quantitative estimate of drug-likeness (QED) is 0.326. The smallest absolute Gasteiger partial charge is 0.484 e. The first-order valence-electron chi connectivity index (χ1n) is 11.8. The first-order chi connectivity index (χ1) is 17.0. The Balaban J connectivity index is 1.73. The van der Waals surface area contributed by atoms with Crippen molar-refractivity contribution in [1.29, 1.82) is 0 Å². The van der Waals surface area contributed by atoms with E-state index in [0.29, 0.717) is 22.7 Å². The second kappa shape index (κ2) is 9.33. The average molecular weight is 530 g/mol. The van der Waals surface area contributed by atoms with Crippen LogP contribution in [0.5, 0.6) is 11.5 Å². The fourth-order valence-electron chi connectivity index (χ4n) is 5.62. The Morgan fingerprint density at radius 2 is 1.51 bits per heavy atom. The molecule has 1 N–H and O–H groups in total. The molecule has 1 aliphatic rings. The van der Waals surface area contributed by atoms with E-state index in [0.717, 1.165) is 19.3 Å². The van der Waals surface area contributed by atoms with E-state index in [2.05, 4.69) is 42.7 Å². The molecule has 1 fully saturated rings. The maximum atomic E-state index is 12.7. The fourth-order valence-corrected chi connectivity index (χ4v) is 5.62. The summed E-state index contributed by atoms with van der Waals surface area (Å²) in [5, 5.41) is 3.17. The number of alkyl halides is 6. The number of rotatable bonds is 6. The molecule has 5 nitrogen and oxygen atoms in total. The summed E-state index contributed by atoms with van der Waals surface area (Å²) in [6, 6.07) is 9.83. The van der Waals surface area contributed by atoms with Crippen LogP contribution in [0.3, 0.4) is 0 Å². The van der Waals surface area contributed by atoms with Gasteiger partial charge in [0, 0.05) is 17.8 Å². The molecule has 1 aromatic heterocycles. The van der Waals surface area contributed by atoms with Crippen LogP contribution in [0.2, 0.25) is 0 Å². The molecule has 4 rings (SSSR count). The second-order valence-electron chi connectivity index (χ2n) is 11.1. The van der Waals surface area contributed by atoms with Crippen LogP contribution >= 0.6 is 0 Å². The Morgan fingerprint density at radius 3 is 2.08 bits per heavy atom. The summed E-state index contributed by atoms with van der Waals surface area (Å²) < 4.78 is 86.7. The van der Waals surface area contributed by atoms with Crippen molar-refractivity contribution < 1.29 is 35.8 Å². The molecule has 0 unspecified atom stereocenters. The monoisotopic (exact) mass is 529 g/mol. The Labute approximate surface area is 210 Å². The van der Waals surface area contributed by atoms with Crippen LogP contribution in [-0.2, 0) is 0 Å². The summed E-state index contributed by atoms with van der Waals surface area (Å²) >= 11 is 0. The van der Waals surface area contributed by atoms with E-state index in [1.807, 2.05) is 4.57 Å². The van der Waals surface area contributed by atoms with Gasteiger partial charge in [0.25, 0.3) is 0 Å². The third-order valence-electron chi connectivity index (χ3n) is 6.31. The zero-order valence-electron chi connectivity index (χ0n) is 20.9. The lowest BCUT2D eigenvalue weighted by atomic mass is 9.63. The molecule has 11 heteroatoms. The highest BCUT2D eigenvalue weighted by molar-refractivity contribution is 5.81. The van der Waals surface area contributed by atoms with E-state index in [-0.39, 0.29) is 28.4 Å². The molecule has 0 aliphatic heterocycles. The normalized spacial score (nSPS) is 18.1. The minimum absolute atomic E-state index is 0.00125. The molecule has 202 valence electrons. The number of hydrogen-bond donors (Lipinski definition) is 1. The summed E-state index contributed by atoms with van der Waals surface area (Å²) in [7, 11) is 0. The van der Waals surface area contributed by atoms with Crippen molar-refractivity contribution in [1.82, 2.24) is 9.55 Å². The van der Waals surface area contributed by atoms with Gasteiger partial charge in [0.1, 0.15) is 11.5 Å². The molecule has 0 saturated heterocycles. The predicted molar refractivity (Wildman–Crippen MR) is 128 cm³/mol. The molecular formula is C26H29F6N3O2. The lowest BCUT2D eigenvalue weighted by Crippen LogP contribution is -2.35. The van der Waals surface area contributed by atoms with E-state index in [1.54, 1.807) is 12.1 Å². The van der Waals surface area contributed by atoms with Gasteiger partial charge >= 0.3 is 12.5 Å². The number of halogens is 6. The van der Waals surface area contributed by atoms with Crippen molar-refractivity contribution in [3.05, 3.63) is 42.5 Å². The van der Waals surface area contributed by atoms with Gasteiger partial charge in [-0.3, -0.25) is 0 Å². The van der Waals surface area contributed by atoms with E-state index in [1.165, 1.54) is 30.3 Å². The largest absolute Gasteiger partial charge is 0.573 e. The molecular weight excluding hydrogens is 500 g/mol. The number of fused-ring (bicyclic) bond motifs is 1. The second-order valence-corrected chi connectivity index (χ2v) is 11.1. The zero-order chi connectivity index (χ0) is 27.2. The first kappa shape index (κ1) is 26.9. The Bertz CT molecular complexity index is 1230. The average Bonchev–Trinajstić information content (AvgIpc) is 3.07. The Morgan fingerprint density at radius 1 is 0.919 bits per heavy atom. The van der Waals surface area contributed by atoms with Crippen LogP contribution < -0.4 is 14.8 Å². The molecule has 2 aromatic carbocycles. The molecule has 1 saturated carbocycles. The SMILES string of the molecule is CC1(C)CC(n2c(Nc3ccc(OC(F)(F)F)cc3)nc3ccc(OCC(F)(F)F)cc32)CC(C)(C)C1. The van der Waals surface area contributed by atoms with Crippen molar-refractivity contribution in [2.45, 2.75) is 65.5 Å². The number of anilines is 2.